The lowest BCUT2D eigenvalue weighted by molar-refractivity contribution is 0.187. The normalized spacial score (nSPS) is 10.3. The van der Waals surface area contributed by atoms with E-state index in [0.29, 0.717) is 13.1 Å². The molecule has 1 aromatic rings. The van der Waals surface area contributed by atoms with Crippen LogP contribution in [0, 0.1) is 11.8 Å². The zero-order chi connectivity index (χ0) is 15.5. The summed E-state index contributed by atoms with van der Waals surface area (Å²) in [6.07, 6.45) is 2.26. The van der Waals surface area contributed by atoms with E-state index in [-0.39, 0.29) is 6.61 Å². The molecule has 0 saturated carbocycles. The van der Waals surface area contributed by atoms with Crippen molar-refractivity contribution >= 4 is 0 Å². The van der Waals surface area contributed by atoms with E-state index in [1.807, 2.05) is 18.2 Å². The molecule has 0 aliphatic rings. The highest BCUT2D eigenvalue weighted by Gasteiger charge is 2.10. The fourth-order valence-corrected chi connectivity index (χ4v) is 2.17. The minimum absolute atomic E-state index is 0.165. The molecule has 0 radical (unpaired) electrons. The van der Waals surface area contributed by atoms with Crippen LogP contribution < -0.4 is 10.5 Å². The molecule has 0 heterocycles. The van der Waals surface area contributed by atoms with Crippen molar-refractivity contribution in [1.82, 2.24) is 4.90 Å². The molecule has 0 aromatic heterocycles. The Morgan fingerprint density at radius 1 is 1.33 bits per heavy atom. The number of nitrogens with zero attached hydrogens (tertiary/aromatic N) is 1. The molecule has 0 fully saturated rings. The quantitative estimate of drug-likeness (QED) is 0.714. The minimum atomic E-state index is 0.165. The molecule has 21 heavy (non-hydrogen) atoms. The van der Waals surface area contributed by atoms with Gasteiger partial charge in [-0.2, -0.15) is 0 Å². The van der Waals surface area contributed by atoms with E-state index in [1.54, 1.807) is 7.11 Å². The van der Waals surface area contributed by atoms with Gasteiger partial charge in [0.1, 0.15) is 5.75 Å². The van der Waals surface area contributed by atoms with E-state index in [9.17, 15) is 5.11 Å². The highest BCUT2D eigenvalue weighted by Crippen LogP contribution is 2.21. The summed E-state index contributed by atoms with van der Waals surface area (Å²) in [6, 6.07) is 5.91. The molecule has 0 bridgehead atoms. The first-order valence-corrected chi connectivity index (χ1v) is 7.44. The average molecular weight is 290 g/mol. The zero-order valence-corrected chi connectivity index (χ0v) is 13.1. The third-order valence-electron chi connectivity index (χ3n) is 3.25. The van der Waals surface area contributed by atoms with Crippen LogP contribution in [0.15, 0.2) is 18.2 Å². The van der Waals surface area contributed by atoms with Crippen molar-refractivity contribution in [1.29, 1.82) is 0 Å². The summed E-state index contributed by atoms with van der Waals surface area (Å²) in [7, 11) is 1.67. The van der Waals surface area contributed by atoms with Gasteiger partial charge in [0.15, 0.2) is 0 Å². The van der Waals surface area contributed by atoms with Gasteiger partial charge in [-0.15, -0.1) is 0 Å². The standard InChI is InChI=1S/C17H26N2O2/c1-3-4-10-19(11-12-20)14-16-13-15(6-5-9-18)7-8-17(16)21-2/h7-8,13,20H,3-4,9-12,14,18H2,1-2H3. The number of aliphatic hydroxyl groups excluding tert-OH is 1. The molecule has 1 aromatic carbocycles. The summed E-state index contributed by atoms with van der Waals surface area (Å²) in [4.78, 5) is 2.24. The minimum Gasteiger partial charge on any atom is -0.496 e. The van der Waals surface area contributed by atoms with Crippen LogP contribution in [-0.4, -0.2) is 43.4 Å². The Kier molecular flexibility index (Phi) is 8.53. The number of aliphatic hydroxyl groups is 1. The van der Waals surface area contributed by atoms with Crippen molar-refractivity contribution in [2.24, 2.45) is 5.73 Å². The molecule has 0 aliphatic carbocycles. The molecule has 0 atom stereocenters. The summed E-state index contributed by atoms with van der Waals surface area (Å²) in [5, 5.41) is 9.20. The van der Waals surface area contributed by atoms with Gasteiger partial charge >= 0.3 is 0 Å². The van der Waals surface area contributed by atoms with Gasteiger partial charge < -0.3 is 15.6 Å². The van der Waals surface area contributed by atoms with Gasteiger partial charge in [0.25, 0.3) is 0 Å². The molecule has 0 saturated heterocycles. The van der Waals surface area contributed by atoms with Crippen molar-refractivity contribution in [3.8, 4) is 17.6 Å². The maximum absolute atomic E-state index is 9.20. The molecule has 116 valence electrons. The first-order valence-electron chi connectivity index (χ1n) is 7.44. The molecular formula is C17H26N2O2. The number of hydrogen-bond acceptors (Lipinski definition) is 4. The lowest BCUT2D eigenvalue weighted by Gasteiger charge is -2.22. The molecule has 4 nitrogen and oxygen atoms in total. The molecule has 4 heteroatoms. The lowest BCUT2D eigenvalue weighted by atomic mass is 10.1. The van der Waals surface area contributed by atoms with Crippen LogP contribution in [0.25, 0.3) is 0 Å². The zero-order valence-electron chi connectivity index (χ0n) is 13.1. The fourth-order valence-electron chi connectivity index (χ4n) is 2.17. The number of methoxy groups -OCH3 is 1. The summed E-state index contributed by atoms with van der Waals surface area (Å²) in [5.74, 6) is 6.77. The summed E-state index contributed by atoms with van der Waals surface area (Å²) in [6.45, 7) is 5.08. The Morgan fingerprint density at radius 2 is 2.14 bits per heavy atom. The highest BCUT2D eigenvalue weighted by molar-refractivity contribution is 5.44. The molecule has 0 spiro atoms. The lowest BCUT2D eigenvalue weighted by Crippen LogP contribution is -2.27. The van der Waals surface area contributed by atoms with Gasteiger partial charge in [0.05, 0.1) is 20.3 Å². The van der Waals surface area contributed by atoms with Crippen LogP contribution in [0.2, 0.25) is 0 Å². The molecule has 3 N–H and O–H groups in total. The smallest absolute Gasteiger partial charge is 0.123 e. The topological polar surface area (TPSA) is 58.7 Å². The van der Waals surface area contributed by atoms with Gasteiger partial charge in [-0.3, -0.25) is 4.90 Å². The molecule has 0 aliphatic heterocycles. The van der Waals surface area contributed by atoms with Gasteiger partial charge in [-0.1, -0.05) is 25.2 Å². The fraction of sp³-hybridized carbons (Fsp3) is 0.529. The maximum Gasteiger partial charge on any atom is 0.123 e. The Balaban J connectivity index is 2.90. The Morgan fingerprint density at radius 3 is 2.76 bits per heavy atom. The number of benzene rings is 1. The molecular weight excluding hydrogens is 264 g/mol. The first-order chi connectivity index (χ1) is 10.2. The number of nitrogens with two attached hydrogens (primary N) is 1. The van der Waals surface area contributed by atoms with Crippen LogP contribution in [0.4, 0.5) is 0 Å². The van der Waals surface area contributed by atoms with E-state index in [4.69, 9.17) is 10.5 Å². The second-order valence-electron chi connectivity index (χ2n) is 4.89. The monoisotopic (exact) mass is 290 g/mol. The van der Waals surface area contributed by atoms with Crippen molar-refractivity contribution in [3.05, 3.63) is 29.3 Å². The van der Waals surface area contributed by atoms with Crippen LogP contribution in [-0.2, 0) is 6.54 Å². The van der Waals surface area contributed by atoms with Crippen LogP contribution in [0.1, 0.15) is 30.9 Å². The predicted octanol–water partition coefficient (Wildman–Crippen LogP) is 1.60. The summed E-state index contributed by atoms with van der Waals surface area (Å²) < 4.78 is 5.43. The average Bonchev–Trinajstić information content (AvgIpc) is 2.51. The van der Waals surface area contributed by atoms with E-state index in [2.05, 4.69) is 23.7 Å². The third kappa shape index (κ3) is 6.17. The molecule has 0 amide bonds. The van der Waals surface area contributed by atoms with Crippen LogP contribution in [0.3, 0.4) is 0 Å². The largest absolute Gasteiger partial charge is 0.496 e. The summed E-state index contributed by atoms with van der Waals surface area (Å²) in [5.41, 5.74) is 7.44. The SMILES string of the molecule is CCCCN(CCO)Cc1cc(C#CCN)ccc1OC. The maximum atomic E-state index is 9.20. The second-order valence-corrected chi connectivity index (χ2v) is 4.89. The molecule has 0 unspecified atom stereocenters. The van der Waals surface area contributed by atoms with Crippen molar-refractivity contribution in [2.45, 2.75) is 26.3 Å². The number of rotatable bonds is 8. The Bertz CT molecular complexity index is 477. The van der Waals surface area contributed by atoms with Gasteiger partial charge in [0.2, 0.25) is 0 Å². The number of hydrogen-bond donors (Lipinski definition) is 2. The Hall–Kier alpha value is -1.54. The van der Waals surface area contributed by atoms with Gasteiger partial charge in [-0.05, 0) is 31.2 Å². The summed E-state index contributed by atoms with van der Waals surface area (Å²) >= 11 is 0. The van der Waals surface area contributed by atoms with Crippen molar-refractivity contribution in [3.63, 3.8) is 0 Å². The van der Waals surface area contributed by atoms with Crippen molar-refractivity contribution in [2.75, 3.05) is 33.4 Å². The van der Waals surface area contributed by atoms with E-state index >= 15 is 0 Å². The third-order valence-corrected chi connectivity index (χ3v) is 3.25. The van der Waals surface area contributed by atoms with E-state index in [1.165, 1.54) is 0 Å². The van der Waals surface area contributed by atoms with E-state index < -0.39 is 0 Å². The van der Waals surface area contributed by atoms with E-state index in [0.717, 1.165) is 42.8 Å². The molecule has 1 rings (SSSR count). The van der Waals surface area contributed by atoms with Gasteiger partial charge in [-0.25, -0.2) is 0 Å². The first kappa shape index (κ1) is 17.5. The van der Waals surface area contributed by atoms with Crippen LogP contribution in [0.5, 0.6) is 5.75 Å². The van der Waals surface area contributed by atoms with Gasteiger partial charge in [0, 0.05) is 24.2 Å². The van der Waals surface area contributed by atoms with Crippen LogP contribution >= 0.6 is 0 Å². The number of unbranched alkanes of at least 4 members (excludes halogenated alkanes) is 1. The number of ether oxygens (including phenoxy) is 1. The van der Waals surface area contributed by atoms with Crippen molar-refractivity contribution < 1.29 is 9.84 Å². The predicted molar refractivity (Wildman–Crippen MR) is 86.2 cm³/mol. The Labute approximate surface area is 127 Å². The second kappa shape index (κ2) is 10.2. The highest BCUT2D eigenvalue weighted by atomic mass is 16.5.